The predicted octanol–water partition coefficient (Wildman–Crippen LogP) is -0.129. The van der Waals surface area contributed by atoms with E-state index >= 15 is 0 Å². The van der Waals surface area contributed by atoms with E-state index in [4.69, 9.17) is 9.84 Å². The molecule has 0 saturated carbocycles. The summed E-state index contributed by atoms with van der Waals surface area (Å²) in [4.78, 5) is 34.8. The minimum absolute atomic E-state index is 0.0297. The molecule has 0 aromatic rings. The fourth-order valence-electron chi connectivity index (χ4n) is 1.65. The Kier molecular flexibility index (Phi) is 4.00. The molecule has 6 nitrogen and oxygen atoms in total. The van der Waals surface area contributed by atoms with Crippen molar-refractivity contribution in [3.63, 3.8) is 0 Å². The van der Waals surface area contributed by atoms with Crippen LogP contribution in [0, 0.1) is 5.92 Å². The minimum Gasteiger partial charge on any atom is -0.479 e. The van der Waals surface area contributed by atoms with Gasteiger partial charge in [-0.15, -0.1) is 0 Å². The first-order valence-electron chi connectivity index (χ1n) is 5.04. The summed E-state index contributed by atoms with van der Waals surface area (Å²) in [6.07, 6.45) is -0.592. The number of hydrogen-bond acceptors (Lipinski definition) is 4. The largest absolute Gasteiger partial charge is 0.479 e. The van der Waals surface area contributed by atoms with Gasteiger partial charge in [0, 0.05) is 20.0 Å². The van der Waals surface area contributed by atoms with E-state index in [-0.39, 0.29) is 37.1 Å². The zero-order valence-corrected chi connectivity index (χ0v) is 9.30. The van der Waals surface area contributed by atoms with Gasteiger partial charge in [0.1, 0.15) is 0 Å². The molecule has 1 aliphatic rings. The van der Waals surface area contributed by atoms with Crippen molar-refractivity contribution < 1.29 is 24.2 Å². The van der Waals surface area contributed by atoms with Gasteiger partial charge in [-0.2, -0.15) is 0 Å². The summed E-state index contributed by atoms with van der Waals surface area (Å²) < 4.78 is 4.69. The molecule has 1 heterocycles. The summed E-state index contributed by atoms with van der Waals surface area (Å²) in [5, 5.41) is 8.75. The quantitative estimate of drug-likeness (QED) is 0.679. The van der Waals surface area contributed by atoms with Gasteiger partial charge in [0.25, 0.3) is 0 Å². The van der Waals surface area contributed by atoms with E-state index in [0.29, 0.717) is 0 Å². The van der Waals surface area contributed by atoms with Crippen LogP contribution in [0.15, 0.2) is 0 Å². The molecule has 1 fully saturated rings. The van der Waals surface area contributed by atoms with Gasteiger partial charge in [-0.25, -0.2) is 4.79 Å². The fourth-order valence-corrected chi connectivity index (χ4v) is 1.65. The Morgan fingerprint density at radius 2 is 2.00 bits per heavy atom. The van der Waals surface area contributed by atoms with Crippen LogP contribution in [-0.4, -0.2) is 47.5 Å². The molecule has 6 heteroatoms. The second-order valence-electron chi connectivity index (χ2n) is 3.97. The molecule has 1 rings (SSSR count). The van der Waals surface area contributed by atoms with E-state index in [1.54, 1.807) is 0 Å². The summed E-state index contributed by atoms with van der Waals surface area (Å²) in [6, 6.07) is 0. The third-order valence-electron chi connectivity index (χ3n) is 2.56. The fraction of sp³-hybridized carbons (Fsp3) is 0.700. The zero-order chi connectivity index (χ0) is 12.3. The Hall–Kier alpha value is -1.43. The van der Waals surface area contributed by atoms with Gasteiger partial charge in [-0.05, 0) is 5.92 Å². The van der Waals surface area contributed by atoms with Crippen LogP contribution in [0.25, 0.3) is 0 Å². The molecule has 0 aromatic heterocycles. The highest BCUT2D eigenvalue weighted by Gasteiger charge is 2.33. The summed E-state index contributed by atoms with van der Waals surface area (Å²) >= 11 is 0. The second kappa shape index (κ2) is 5.07. The molecule has 0 spiro atoms. The standard InChI is InChI=1S/C10H15NO5/c1-6-3-8(12)11(9(13)4-6)5-7(16-2)10(14)15/h6-7H,3-5H2,1-2H3,(H,14,15). The van der Waals surface area contributed by atoms with Gasteiger partial charge in [0.05, 0.1) is 6.54 Å². The number of carbonyl (C=O) groups excluding carboxylic acids is 2. The average Bonchev–Trinajstić information content (AvgIpc) is 2.15. The normalized spacial score (nSPS) is 20.0. The van der Waals surface area contributed by atoms with Gasteiger partial charge in [-0.3, -0.25) is 14.5 Å². The molecular formula is C10H15NO5. The number of imide groups is 1. The number of aliphatic carboxylic acids is 1. The molecule has 0 aromatic carbocycles. The van der Waals surface area contributed by atoms with Crippen LogP contribution in [0.3, 0.4) is 0 Å². The number of ether oxygens (including phenoxy) is 1. The van der Waals surface area contributed by atoms with Crippen LogP contribution in [0.1, 0.15) is 19.8 Å². The van der Waals surface area contributed by atoms with Gasteiger partial charge in [0.2, 0.25) is 11.8 Å². The Balaban J connectivity index is 2.68. The number of piperidine rings is 1. The number of methoxy groups -OCH3 is 1. The number of hydrogen-bond donors (Lipinski definition) is 1. The first kappa shape index (κ1) is 12.6. The molecule has 16 heavy (non-hydrogen) atoms. The van der Waals surface area contributed by atoms with Gasteiger partial charge >= 0.3 is 5.97 Å². The van der Waals surface area contributed by atoms with Crippen molar-refractivity contribution in [2.75, 3.05) is 13.7 Å². The minimum atomic E-state index is -1.18. The summed E-state index contributed by atoms with van der Waals surface area (Å²) in [5.74, 6) is -1.80. The lowest BCUT2D eigenvalue weighted by molar-refractivity contribution is -0.157. The second-order valence-corrected chi connectivity index (χ2v) is 3.97. The highest BCUT2D eigenvalue weighted by molar-refractivity contribution is 5.98. The number of rotatable bonds is 4. The third kappa shape index (κ3) is 2.79. The molecule has 1 unspecified atom stereocenters. The Morgan fingerprint density at radius 1 is 1.50 bits per heavy atom. The number of carboxylic acid groups (broad SMARTS) is 1. The molecule has 1 N–H and O–H groups in total. The monoisotopic (exact) mass is 229 g/mol. The SMILES string of the molecule is COC(CN1C(=O)CC(C)CC1=O)C(=O)O. The summed E-state index contributed by atoms with van der Waals surface area (Å²) in [5.41, 5.74) is 0. The van der Waals surface area contributed by atoms with Crippen LogP contribution in [0.2, 0.25) is 0 Å². The van der Waals surface area contributed by atoms with Crippen molar-refractivity contribution >= 4 is 17.8 Å². The number of carbonyl (C=O) groups is 3. The highest BCUT2D eigenvalue weighted by Crippen LogP contribution is 2.19. The number of amides is 2. The molecular weight excluding hydrogens is 214 g/mol. The molecule has 0 radical (unpaired) electrons. The summed E-state index contributed by atoms with van der Waals surface area (Å²) in [7, 11) is 1.24. The van der Waals surface area contributed by atoms with E-state index in [1.165, 1.54) is 7.11 Å². The first-order valence-corrected chi connectivity index (χ1v) is 5.04. The van der Waals surface area contributed by atoms with E-state index in [2.05, 4.69) is 0 Å². The van der Waals surface area contributed by atoms with E-state index < -0.39 is 12.1 Å². The molecule has 0 aliphatic carbocycles. The zero-order valence-electron chi connectivity index (χ0n) is 9.30. The molecule has 1 aliphatic heterocycles. The summed E-state index contributed by atoms with van der Waals surface area (Å²) in [6.45, 7) is 1.61. The number of nitrogens with zero attached hydrogens (tertiary/aromatic N) is 1. The Morgan fingerprint density at radius 3 is 2.38 bits per heavy atom. The maximum absolute atomic E-state index is 11.5. The van der Waals surface area contributed by atoms with Crippen LogP contribution < -0.4 is 0 Å². The molecule has 1 atom stereocenters. The van der Waals surface area contributed by atoms with E-state index in [1.807, 2.05) is 6.92 Å². The van der Waals surface area contributed by atoms with Crippen molar-refractivity contribution in [3.05, 3.63) is 0 Å². The first-order chi connectivity index (χ1) is 7.45. The van der Waals surface area contributed by atoms with Crippen LogP contribution in [0.4, 0.5) is 0 Å². The molecule has 2 amide bonds. The topological polar surface area (TPSA) is 83.9 Å². The lowest BCUT2D eigenvalue weighted by Gasteiger charge is -2.29. The average molecular weight is 229 g/mol. The van der Waals surface area contributed by atoms with Crippen molar-refractivity contribution in [1.29, 1.82) is 0 Å². The van der Waals surface area contributed by atoms with Gasteiger partial charge in [0.15, 0.2) is 6.10 Å². The molecule has 90 valence electrons. The molecule has 0 bridgehead atoms. The van der Waals surface area contributed by atoms with Crippen molar-refractivity contribution in [3.8, 4) is 0 Å². The van der Waals surface area contributed by atoms with Crippen molar-refractivity contribution in [1.82, 2.24) is 4.90 Å². The highest BCUT2D eigenvalue weighted by atomic mass is 16.5. The smallest absolute Gasteiger partial charge is 0.334 e. The van der Waals surface area contributed by atoms with Gasteiger partial charge in [-0.1, -0.05) is 6.92 Å². The Bertz CT molecular complexity index is 296. The lowest BCUT2D eigenvalue weighted by atomic mass is 9.97. The van der Waals surface area contributed by atoms with Crippen LogP contribution in [-0.2, 0) is 19.1 Å². The third-order valence-corrected chi connectivity index (χ3v) is 2.56. The maximum Gasteiger partial charge on any atom is 0.334 e. The van der Waals surface area contributed by atoms with E-state index in [9.17, 15) is 14.4 Å². The van der Waals surface area contributed by atoms with E-state index in [0.717, 1.165) is 4.90 Å². The molecule has 1 saturated heterocycles. The predicted molar refractivity (Wildman–Crippen MR) is 53.6 cm³/mol. The Labute approximate surface area is 93.2 Å². The maximum atomic E-state index is 11.5. The van der Waals surface area contributed by atoms with Crippen molar-refractivity contribution in [2.45, 2.75) is 25.9 Å². The van der Waals surface area contributed by atoms with Crippen molar-refractivity contribution in [2.24, 2.45) is 5.92 Å². The number of likely N-dealkylation sites (tertiary alicyclic amines) is 1. The number of carboxylic acids is 1. The van der Waals surface area contributed by atoms with Crippen LogP contribution >= 0.6 is 0 Å². The van der Waals surface area contributed by atoms with Crippen LogP contribution in [0.5, 0.6) is 0 Å². The van der Waals surface area contributed by atoms with Gasteiger partial charge < -0.3 is 9.84 Å². The lowest BCUT2D eigenvalue weighted by Crippen LogP contribution is -2.48.